The lowest BCUT2D eigenvalue weighted by molar-refractivity contribution is 0.0723. The molecule has 1 N–H and O–H groups in total. The van der Waals surface area contributed by atoms with Gasteiger partial charge in [0.05, 0.1) is 0 Å². The molecule has 0 radical (unpaired) electrons. The fraction of sp³-hybridized carbons (Fsp3) is 0.310. The van der Waals surface area contributed by atoms with Gasteiger partial charge in [0.15, 0.2) is 5.65 Å². The second-order valence-electron chi connectivity index (χ2n) is 9.76. The van der Waals surface area contributed by atoms with Gasteiger partial charge >= 0.3 is 0 Å². The standard InChI is InChI=1S/C29H30N6O2/c36-27(33-16-2-1-3-17-33)22-10-8-21(9-11-22)25-7-6-20-35-26(25)31-29(32-35)30-24-14-12-23(13-15-24)28(37)34-18-4-5-19-34/h6-15,20H,1-5,16-19H2,(H,30,32). The molecule has 2 aliphatic heterocycles. The Morgan fingerprint density at radius 2 is 1.27 bits per heavy atom. The number of rotatable bonds is 5. The number of likely N-dealkylation sites (tertiary alicyclic amines) is 2. The molecule has 37 heavy (non-hydrogen) atoms. The van der Waals surface area contributed by atoms with Crippen LogP contribution in [-0.4, -0.2) is 62.4 Å². The van der Waals surface area contributed by atoms with Crippen LogP contribution in [0.15, 0.2) is 66.9 Å². The quantitative estimate of drug-likeness (QED) is 0.422. The molecule has 0 spiro atoms. The molecule has 8 nitrogen and oxygen atoms in total. The first kappa shape index (κ1) is 23.2. The number of nitrogens with zero attached hydrogens (tertiary/aromatic N) is 5. The van der Waals surface area contributed by atoms with Gasteiger partial charge in [0.1, 0.15) is 0 Å². The molecule has 6 rings (SSSR count). The zero-order valence-electron chi connectivity index (χ0n) is 20.8. The molecule has 0 aliphatic carbocycles. The zero-order chi connectivity index (χ0) is 25.2. The van der Waals surface area contributed by atoms with Gasteiger partial charge in [-0.05, 0) is 86.2 Å². The summed E-state index contributed by atoms with van der Waals surface area (Å²) in [5.41, 5.74) is 4.86. The largest absolute Gasteiger partial charge is 0.339 e. The molecule has 0 saturated carbocycles. The minimum absolute atomic E-state index is 0.0863. The first-order valence-electron chi connectivity index (χ1n) is 13.1. The molecule has 2 aromatic carbocycles. The molecule has 2 amide bonds. The molecule has 4 heterocycles. The van der Waals surface area contributed by atoms with Crippen molar-refractivity contribution in [1.82, 2.24) is 24.4 Å². The predicted octanol–water partition coefficient (Wildman–Crippen LogP) is 5.00. The number of carbonyl (C=O) groups excluding carboxylic acids is 2. The lowest BCUT2D eigenvalue weighted by Gasteiger charge is -2.26. The summed E-state index contributed by atoms with van der Waals surface area (Å²) in [6, 6.07) is 19.2. The summed E-state index contributed by atoms with van der Waals surface area (Å²) in [7, 11) is 0. The number of benzene rings is 2. The van der Waals surface area contributed by atoms with E-state index in [1.165, 1.54) is 6.42 Å². The van der Waals surface area contributed by atoms with Gasteiger partial charge in [0, 0.05) is 54.8 Å². The average molecular weight is 495 g/mol. The van der Waals surface area contributed by atoms with E-state index < -0.39 is 0 Å². The Balaban J connectivity index is 1.19. The van der Waals surface area contributed by atoms with Gasteiger partial charge in [-0.3, -0.25) is 9.59 Å². The number of aromatic nitrogens is 3. The summed E-state index contributed by atoms with van der Waals surface area (Å²) in [5, 5.41) is 7.83. The normalized spacial score (nSPS) is 15.8. The first-order chi connectivity index (χ1) is 18.2. The maximum Gasteiger partial charge on any atom is 0.253 e. The number of fused-ring (bicyclic) bond motifs is 1. The van der Waals surface area contributed by atoms with E-state index in [0.29, 0.717) is 17.1 Å². The third kappa shape index (κ3) is 4.79. The van der Waals surface area contributed by atoms with Crippen molar-refractivity contribution in [2.45, 2.75) is 32.1 Å². The second kappa shape index (κ2) is 10.0. The van der Waals surface area contributed by atoms with Crippen molar-refractivity contribution in [3.63, 3.8) is 0 Å². The number of nitrogens with one attached hydrogen (secondary N) is 1. The summed E-state index contributed by atoms with van der Waals surface area (Å²) >= 11 is 0. The molecule has 4 aromatic rings. The van der Waals surface area contributed by atoms with Crippen molar-refractivity contribution in [1.29, 1.82) is 0 Å². The van der Waals surface area contributed by atoms with E-state index in [1.54, 1.807) is 4.52 Å². The maximum atomic E-state index is 12.8. The Morgan fingerprint density at radius 3 is 1.89 bits per heavy atom. The van der Waals surface area contributed by atoms with E-state index in [0.717, 1.165) is 74.3 Å². The van der Waals surface area contributed by atoms with E-state index in [4.69, 9.17) is 4.98 Å². The summed E-state index contributed by atoms with van der Waals surface area (Å²) in [5.74, 6) is 0.665. The summed E-state index contributed by atoms with van der Waals surface area (Å²) in [6.45, 7) is 3.35. The van der Waals surface area contributed by atoms with Crippen LogP contribution in [0.5, 0.6) is 0 Å². The van der Waals surface area contributed by atoms with Crippen molar-refractivity contribution in [3.8, 4) is 11.1 Å². The number of hydrogen-bond donors (Lipinski definition) is 1. The highest BCUT2D eigenvalue weighted by atomic mass is 16.2. The lowest BCUT2D eigenvalue weighted by Crippen LogP contribution is -2.35. The SMILES string of the molecule is O=C(c1ccc(-c2cccn3nc(Nc4ccc(C(=O)N5CCCC5)cc4)nc23)cc1)N1CCCCC1. The number of amides is 2. The summed E-state index contributed by atoms with van der Waals surface area (Å²) < 4.78 is 1.75. The van der Waals surface area contributed by atoms with Gasteiger partial charge in [-0.25, -0.2) is 4.52 Å². The van der Waals surface area contributed by atoms with E-state index >= 15 is 0 Å². The van der Waals surface area contributed by atoms with Crippen molar-refractivity contribution >= 4 is 29.1 Å². The van der Waals surface area contributed by atoms with Gasteiger partial charge in [-0.1, -0.05) is 12.1 Å². The van der Waals surface area contributed by atoms with Crippen LogP contribution in [0.25, 0.3) is 16.8 Å². The van der Waals surface area contributed by atoms with Crippen molar-refractivity contribution in [2.75, 3.05) is 31.5 Å². The van der Waals surface area contributed by atoms with Gasteiger partial charge in [0.2, 0.25) is 5.95 Å². The highest BCUT2D eigenvalue weighted by Gasteiger charge is 2.20. The smallest absolute Gasteiger partial charge is 0.253 e. The molecule has 0 bridgehead atoms. The average Bonchev–Trinajstić information content (AvgIpc) is 3.63. The van der Waals surface area contributed by atoms with Crippen LogP contribution in [-0.2, 0) is 0 Å². The predicted molar refractivity (Wildman–Crippen MR) is 143 cm³/mol. The number of carbonyl (C=O) groups is 2. The number of piperidine rings is 1. The van der Waals surface area contributed by atoms with Crippen molar-refractivity contribution in [3.05, 3.63) is 78.0 Å². The summed E-state index contributed by atoms with van der Waals surface area (Å²) in [6.07, 6.45) is 7.38. The topological polar surface area (TPSA) is 82.8 Å². The lowest BCUT2D eigenvalue weighted by atomic mass is 10.0. The Morgan fingerprint density at radius 1 is 0.703 bits per heavy atom. The molecule has 2 fully saturated rings. The first-order valence-corrected chi connectivity index (χ1v) is 13.1. The fourth-order valence-corrected chi connectivity index (χ4v) is 5.18. The van der Waals surface area contributed by atoms with Crippen molar-refractivity contribution < 1.29 is 9.59 Å². The molecular weight excluding hydrogens is 464 g/mol. The third-order valence-electron chi connectivity index (χ3n) is 7.23. The Kier molecular flexibility index (Phi) is 6.30. The summed E-state index contributed by atoms with van der Waals surface area (Å²) in [4.78, 5) is 34.0. The van der Waals surface area contributed by atoms with Crippen LogP contribution in [0.4, 0.5) is 11.6 Å². The second-order valence-corrected chi connectivity index (χ2v) is 9.76. The highest BCUT2D eigenvalue weighted by Crippen LogP contribution is 2.26. The van der Waals surface area contributed by atoms with Crippen LogP contribution >= 0.6 is 0 Å². The number of anilines is 2. The van der Waals surface area contributed by atoms with Gasteiger partial charge in [-0.15, -0.1) is 5.10 Å². The molecule has 2 saturated heterocycles. The molecule has 0 unspecified atom stereocenters. The molecular formula is C29H30N6O2. The van der Waals surface area contributed by atoms with Gasteiger partial charge in [0.25, 0.3) is 11.8 Å². The van der Waals surface area contributed by atoms with E-state index in [2.05, 4.69) is 10.4 Å². The molecule has 2 aliphatic rings. The van der Waals surface area contributed by atoms with E-state index in [-0.39, 0.29) is 11.8 Å². The minimum atomic E-state index is 0.0863. The van der Waals surface area contributed by atoms with Gasteiger partial charge < -0.3 is 15.1 Å². The van der Waals surface area contributed by atoms with Crippen LogP contribution in [0, 0.1) is 0 Å². The highest BCUT2D eigenvalue weighted by molar-refractivity contribution is 5.95. The maximum absolute atomic E-state index is 12.8. The number of pyridine rings is 1. The third-order valence-corrected chi connectivity index (χ3v) is 7.23. The fourth-order valence-electron chi connectivity index (χ4n) is 5.18. The van der Waals surface area contributed by atoms with Crippen LogP contribution in [0.2, 0.25) is 0 Å². The minimum Gasteiger partial charge on any atom is -0.339 e. The Bertz CT molecular complexity index is 1420. The van der Waals surface area contributed by atoms with E-state index in [1.807, 2.05) is 76.7 Å². The molecule has 8 heteroatoms. The Hall–Kier alpha value is -4.20. The van der Waals surface area contributed by atoms with Crippen LogP contribution in [0.3, 0.4) is 0 Å². The number of hydrogen-bond acceptors (Lipinski definition) is 5. The molecule has 0 atom stereocenters. The van der Waals surface area contributed by atoms with Crippen LogP contribution < -0.4 is 5.32 Å². The van der Waals surface area contributed by atoms with Gasteiger partial charge in [-0.2, -0.15) is 4.98 Å². The van der Waals surface area contributed by atoms with Crippen LogP contribution in [0.1, 0.15) is 52.8 Å². The van der Waals surface area contributed by atoms with E-state index in [9.17, 15) is 9.59 Å². The van der Waals surface area contributed by atoms with Crippen molar-refractivity contribution in [2.24, 2.45) is 0 Å². The molecule has 2 aromatic heterocycles. The molecule has 188 valence electrons. The zero-order valence-corrected chi connectivity index (χ0v) is 20.8. The Labute approximate surface area is 215 Å². The monoisotopic (exact) mass is 494 g/mol.